The summed E-state index contributed by atoms with van der Waals surface area (Å²) in [5, 5.41) is 16.5. The average Bonchev–Trinajstić information content (AvgIpc) is 3.25. The number of hydrogen-bond donors (Lipinski definition) is 2. The summed E-state index contributed by atoms with van der Waals surface area (Å²) >= 11 is 0. The summed E-state index contributed by atoms with van der Waals surface area (Å²) in [6.07, 6.45) is 1.86. The second kappa shape index (κ2) is 8.26. The van der Waals surface area contributed by atoms with E-state index in [4.69, 9.17) is 5.11 Å². The van der Waals surface area contributed by atoms with Gasteiger partial charge in [-0.1, -0.05) is 42.5 Å². The van der Waals surface area contributed by atoms with Gasteiger partial charge in [0.1, 0.15) is 5.82 Å². The Morgan fingerprint density at radius 1 is 1.07 bits per heavy atom. The molecular formula is C22H22N4O3. The molecule has 0 bridgehead atoms. The number of nitrogens with zero attached hydrogens (tertiary/aromatic N) is 3. The van der Waals surface area contributed by atoms with Crippen LogP contribution in [0.15, 0.2) is 54.6 Å². The van der Waals surface area contributed by atoms with Crippen molar-refractivity contribution in [3.63, 3.8) is 0 Å². The highest BCUT2D eigenvalue weighted by atomic mass is 16.4. The molecule has 0 radical (unpaired) electrons. The molecule has 1 aromatic heterocycles. The largest absolute Gasteiger partial charge is 0.478 e. The number of carboxylic acid groups (broad SMARTS) is 1. The number of amides is 1. The Bertz CT molecular complexity index is 1010. The van der Waals surface area contributed by atoms with Gasteiger partial charge in [0.25, 0.3) is 0 Å². The Labute approximate surface area is 168 Å². The molecule has 7 nitrogen and oxygen atoms in total. The second-order valence-electron chi connectivity index (χ2n) is 7.25. The molecule has 2 aromatic carbocycles. The maximum Gasteiger partial charge on any atom is 0.335 e. The van der Waals surface area contributed by atoms with Crippen LogP contribution in [0.3, 0.4) is 0 Å². The van der Waals surface area contributed by atoms with Gasteiger partial charge in [0, 0.05) is 24.6 Å². The summed E-state index contributed by atoms with van der Waals surface area (Å²) in [6.45, 7) is 1.31. The number of aromatic nitrogens is 3. The van der Waals surface area contributed by atoms with E-state index < -0.39 is 5.97 Å². The first-order chi connectivity index (χ1) is 14.1. The lowest BCUT2D eigenvalue weighted by Gasteiger charge is -2.31. The minimum Gasteiger partial charge on any atom is -0.478 e. The van der Waals surface area contributed by atoms with Crippen LogP contribution in [0.5, 0.6) is 0 Å². The number of nitrogens with one attached hydrogen (secondary N) is 1. The quantitative estimate of drug-likeness (QED) is 0.697. The van der Waals surface area contributed by atoms with Gasteiger partial charge in [-0.05, 0) is 30.5 Å². The molecule has 1 saturated heterocycles. The van der Waals surface area contributed by atoms with Gasteiger partial charge >= 0.3 is 5.97 Å². The highest BCUT2D eigenvalue weighted by Crippen LogP contribution is 2.27. The molecule has 7 heteroatoms. The number of carbonyl (C=O) groups excluding carboxylic acids is 1. The summed E-state index contributed by atoms with van der Waals surface area (Å²) in [6, 6.07) is 16.4. The van der Waals surface area contributed by atoms with Crippen molar-refractivity contribution in [2.45, 2.75) is 25.2 Å². The lowest BCUT2D eigenvalue weighted by Crippen LogP contribution is -2.39. The van der Waals surface area contributed by atoms with Crippen molar-refractivity contribution in [3.05, 3.63) is 71.5 Å². The minimum atomic E-state index is -0.984. The lowest BCUT2D eigenvalue weighted by molar-refractivity contribution is -0.131. The predicted molar refractivity (Wildman–Crippen MR) is 107 cm³/mol. The van der Waals surface area contributed by atoms with Crippen LogP contribution in [-0.4, -0.2) is 50.2 Å². The average molecular weight is 390 g/mol. The van der Waals surface area contributed by atoms with Gasteiger partial charge in [0.05, 0.1) is 12.0 Å². The zero-order valence-electron chi connectivity index (χ0n) is 15.9. The Balaban J connectivity index is 1.35. The number of hydrogen-bond acceptors (Lipinski definition) is 4. The Morgan fingerprint density at radius 3 is 2.55 bits per heavy atom. The van der Waals surface area contributed by atoms with Gasteiger partial charge < -0.3 is 10.0 Å². The fourth-order valence-electron chi connectivity index (χ4n) is 3.68. The molecule has 148 valence electrons. The van der Waals surface area contributed by atoms with Crippen LogP contribution < -0.4 is 0 Å². The normalized spacial score (nSPS) is 14.7. The monoisotopic (exact) mass is 390 g/mol. The molecule has 1 amide bonds. The van der Waals surface area contributed by atoms with Gasteiger partial charge in [-0.3, -0.25) is 9.89 Å². The first kappa shape index (κ1) is 18.9. The number of carboxylic acids is 1. The highest BCUT2D eigenvalue weighted by molar-refractivity contribution is 5.88. The summed E-state index contributed by atoms with van der Waals surface area (Å²) in [5.74, 6) is 0.845. The van der Waals surface area contributed by atoms with E-state index in [2.05, 4.69) is 15.2 Å². The molecule has 2 heterocycles. The van der Waals surface area contributed by atoms with Crippen molar-refractivity contribution >= 4 is 11.9 Å². The van der Waals surface area contributed by atoms with Crippen molar-refractivity contribution in [2.75, 3.05) is 13.1 Å². The van der Waals surface area contributed by atoms with Crippen LogP contribution in [0.25, 0.3) is 11.4 Å². The zero-order chi connectivity index (χ0) is 20.2. The molecule has 3 aromatic rings. The van der Waals surface area contributed by atoms with E-state index in [1.54, 1.807) is 18.2 Å². The second-order valence-corrected chi connectivity index (χ2v) is 7.25. The molecule has 1 aliphatic rings. The van der Waals surface area contributed by atoms with E-state index in [9.17, 15) is 9.59 Å². The predicted octanol–water partition coefficient (Wildman–Crippen LogP) is 3.12. The van der Waals surface area contributed by atoms with Crippen LogP contribution in [0.2, 0.25) is 0 Å². The smallest absolute Gasteiger partial charge is 0.335 e. The highest BCUT2D eigenvalue weighted by Gasteiger charge is 2.26. The number of H-pyrrole nitrogens is 1. The van der Waals surface area contributed by atoms with Crippen LogP contribution in [0.1, 0.15) is 40.5 Å². The Morgan fingerprint density at radius 2 is 1.83 bits per heavy atom. The summed E-state index contributed by atoms with van der Waals surface area (Å²) < 4.78 is 0. The molecule has 4 rings (SSSR count). The van der Waals surface area contributed by atoms with Crippen molar-refractivity contribution in [1.29, 1.82) is 0 Å². The summed E-state index contributed by atoms with van der Waals surface area (Å²) in [4.78, 5) is 30.2. The lowest BCUT2D eigenvalue weighted by atomic mass is 9.95. The molecule has 1 aliphatic heterocycles. The van der Waals surface area contributed by atoms with E-state index in [0.717, 1.165) is 29.8 Å². The van der Waals surface area contributed by atoms with E-state index in [1.165, 1.54) is 6.07 Å². The first-order valence-electron chi connectivity index (χ1n) is 9.68. The number of carbonyl (C=O) groups is 2. The molecule has 0 saturated carbocycles. The third kappa shape index (κ3) is 4.34. The fourth-order valence-corrected chi connectivity index (χ4v) is 3.68. The zero-order valence-corrected chi connectivity index (χ0v) is 15.9. The molecule has 0 atom stereocenters. The molecular weight excluding hydrogens is 368 g/mol. The number of benzene rings is 2. The van der Waals surface area contributed by atoms with Crippen molar-refractivity contribution in [3.8, 4) is 11.4 Å². The van der Waals surface area contributed by atoms with Crippen LogP contribution in [-0.2, 0) is 11.2 Å². The van der Waals surface area contributed by atoms with Gasteiger partial charge in [-0.2, -0.15) is 5.10 Å². The van der Waals surface area contributed by atoms with Crippen molar-refractivity contribution in [1.82, 2.24) is 20.1 Å². The number of piperidine rings is 1. The molecule has 29 heavy (non-hydrogen) atoms. The van der Waals surface area contributed by atoms with E-state index in [-0.39, 0.29) is 23.8 Å². The Hall–Kier alpha value is -3.48. The van der Waals surface area contributed by atoms with Gasteiger partial charge in [-0.15, -0.1) is 0 Å². The van der Waals surface area contributed by atoms with Crippen LogP contribution in [0, 0.1) is 0 Å². The van der Waals surface area contributed by atoms with Gasteiger partial charge in [0.2, 0.25) is 5.91 Å². The summed E-state index contributed by atoms with van der Waals surface area (Å²) in [5.41, 5.74) is 1.90. The molecule has 0 aliphatic carbocycles. The van der Waals surface area contributed by atoms with Crippen LogP contribution >= 0.6 is 0 Å². The van der Waals surface area contributed by atoms with E-state index in [1.807, 2.05) is 35.2 Å². The van der Waals surface area contributed by atoms with Gasteiger partial charge in [-0.25, -0.2) is 9.78 Å². The molecule has 1 fully saturated rings. The number of rotatable bonds is 5. The molecule has 0 unspecified atom stereocenters. The van der Waals surface area contributed by atoms with E-state index in [0.29, 0.717) is 18.9 Å². The summed E-state index contributed by atoms with van der Waals surface area (Å²) in [7, 11) is 0. The van der Waals surface area contributed by atoms with Crippen LogP contribution in [0.4, 0.5) is 0 Å². The minimum absolute atomic E-state index is 0.0218. The topological polar surface area (TPSA) is 99.2 Å². The van der Waals surface area contributed by atoms with Gasteiger partial charge in [0.15, 0.2) is 5.82 Å². The van der Waals surface area contributed by atoms with Crippen molar-refractivity contribution in [2.24, 2.45) is 0 Å². The SMILES string of the molecule is O=C(O)c1cccc(CC(=O)N2CCC(c3nc(-c4ccccc4)n[nH]3)CC2)c1. The first-order valence-corrected chi connectivity index (χ1v) is 9.68. The molecule has 2 N–H and O–H groups in total. The van der Waals surface area contributed by atoms with E-state index >= 15 is 0 Å². The third-order valence-corrected chi connectivity index (χ3v) is 5.30. The Kier molecular flexibility index (Phi) is 5.37. The third-order valence-electron chi connectivity index (χ3n) is 5.30. The van der Waals surface area contributed by atoms with Crippen molar-refractivity contribution < 1.29 is 14.7 Å². The molecule has 0 spiro atoms. The number of aromatic carboxylic acids is 1. The maximum absolute atomic E-state index is 12.6. The fraction of sp³-hybridized carbons (Fsp3) is 0.273. The number of likely N-dealkylation sites (tertiary alicyclic amines) is 1. The maximum atomic E-state index is 12.6. The standard InChI is InChI=1S/C22H22N4O3/c27-19(14-15-5-4-8-18(13-15)22(28)29)26-11-9-17(10-12-26)21-23-20(24-25-21)16-6-2-1-3-7-16/h1-8,13,17H,9-12,14H2,(H,28,29)(H,23,24,25). The number of aromatic amines is 1.